The van der Waals surface area contributed by atoms with E-state index >= 15 is 0 Å². The molecule has 0 aliphatic carbocycles. The van der Waals surface area contributed by atoms with Gasteiger partial charge in [-0.2, -0.15) is 0 Å². The van der Waals surface area contributed by atoms with E-state index < -0.39 is 17.7 Å². The monoisotopic (exact) mass is 352 g/mol. The molecule has 5 nitrogen and oxygen atoms in total. The summed E-state index contributed by atoms with van der Waals surface area (Å²) in [5.41, 5.74) is 0.395. The number of ether oxygens (including phenoxy) is 1. The molecule has 1 saturated heterocycles. The van der Waals surface area contributed by atoms with Crippen molar-refractivity contribution in [1.82, 2.24) is 10.2 Å². The second-order valence-corrected chi connectivity index (χ2v) is 7.47. The first-order chi connectivity index (χ1) is 11.3. The number of carbonyl (C=O) groups is 2. The van der Waals surface area contributed by atoms with E-state index in [-0.39, 0.29) is 5.91 Å². The van der Waals surface area contributed by atoms with Crippen molar-refractivity contribution in [3.8, 4) is 0 Å². The first-order valence-corrected chi connectivity index (χ1v) is 8.66. The number of hydrogen-bond donors (Lipinski definition) is 1. The van der Waals surface area contributed by atoms with Crippen molar-refractivity contribution in [2.75, 3.05) is 6.54 Å². The van der Waals surface area contributed by atoms with Crippen LogP contribution in [0.15, 0.2) is 24.3 Å². The summed E-state index contributed by atoms with van der Waals surface area (Å²) in [7, 11) is 0. The Kier molecular flexibility index (Phi) is 6.10. The van der Waals surface area contributed by atoms with Crippen LogP contribution in [0.4, 0.5) is 4.79 Å². The molecular formula is C18H25ClN2O3. The molecule has 0 bridgehead atoms. The van der Waals surface area contributed by atoms with Gasteiger partial charge in [0.2, 0.25) is 5.91 Å². The Hall–Kier alpha value is -1.75. The van der Waals surface area contributed by atoms with Crippen molar-refractivity contribution < 1.29 is 14.3 Å². The van der Waals surface area contributed by atoms with Crippen LogP contribution < -0.4 is 5.32 Å². The van der Waals surface area contributed by atoms with Crippen LogP contribution in [0, 0.1) is 0 Å². The normalized spacial score (nSPS) is 18.2. The fourth-order valence-corrected chi connectivity index (χ4v) is 2.78. The van der Waals surface area contributed by atoms with Gasteiger partial charge in [-0.15, -0.1) is 0 Å². The van der Waals surface area contributed by atoms with Gasteiger partial charge < -0.3 is 10.1 Å². The van der Waals surface area contributed by atoms with Crippen LogP contribution in [-0.4, -0.2) is 35.1 Å². The molecule has 1 aromatic carbocycles. The number of hydrogen-bond acceptors (Lipinski definition) is 3. The summed E-state index contributed by atoms with van der Waals surface area (Å²) >= 11 is 5.86. The van der Waals surface area contributed by atoms with Gasteiger partial charge >= 0.3 is 6.09 Å². The number of amides is 2. The van der Waals surface area contributed by atoms with Crippen LogP contribution in [0.3, 0.4) is 0 Å². The van der Waals surface area contributed by atoms with Gasteiger partial charge in [0, 0.05) is 18.1 Å². The number of halogens is 1. The molecule has 1 aliphatic rings. The quantitative estimate of drug-likeness (QED) is 0.901. The van der Waals surface area contributed by atoms with Gasteiger partial charge in [0.1, 0.15) is 11.6 Å². The lowest BCUT2D eigenvalue weighted by Crippen LogP contribution is -2.52. The second kappa shape index (κ2) is 7.88. The third kappa shape index (κ3) is 5.41. The highest BCUT2D eigenvalue weighted by atomic mass is 35.5. The van der Waals surface area contributed by atoms with Crippen molar-refractivity contribution >= 4 is 23.6 Å². The first kappa shape index (κ1) is 18.6. The zero-order chi connectivity index (χ0) is 17.7. The Bertz CT molecular complexity index is 581. The molecule has 132 valence electrons. The Morgan fingerprint density at radius 2 is 1.92 bits per heavy atom. The summed E-state index contributed by atoms with van der Waals surface area (Å²) in [4.78, 5) is 26.4. The maximum atomic E-state index is 12.5. The molecule has 1 fully saturated rings. The fraction of sp³-hybridized carbons (Fsp3) is 0.556. The molecule has 1 heterocycles. The molecule has 0 radical (unpaired) electrons. The number of benzene rings is 1. The standard InChI is InChI=1S/C18H25ClN2O3/c1-18(2,3)24-17(23)21-11-5-4-6-15(21)16(22)20-12-13-7-9-14(19)10-8-13/h7-10,15H,4-6,11-12H2,1-3H3,(H,20,22). The lowest BCUT2D eigenvalue weighted by Gasteiger charge is -2.35. The molecule has 24 heavy (non-hydrogen) atoms. The fourth-order valence-electron chi connectivity index (χ4n) is 2.65. The minimum Gasteiger partial charge on any atom is -0.444 e. The van der Waals surface area contributed by atoms with Gasteiger partial charge in [0.05, 0.1) is 0 Å². The Morgan fingerprint density at radius 3 is 2.54 bits per heavy atom. The molecule has 1 aromatic rings. The third-order valence-corrected chi connectivity index (χ3v) is 4.07. The topological polar surface area (TPSA) is 58.6 Å². The minimum absolute atomic E-state index is 0.143. The van der Waals surface area contributed by atoms with Gasteiger partial charge in [-0.25, -0.2) is 4.79 Å². The number of nitrogens with one attached hydrogen (secondary N) is 1. The van der Waals surface area contributed by atoms with Crippen molar-refractivity contribution in [2.45, 2.75) is 58.2 Å². The van der Waals surface area contributed by atoms with E-state index in [9.17, 15) is 9.59 Å². The van der Waals surface area contributed by atoms with Crippen molar-refractivity contribution in [1.29, 1.82) is 0 Å². The van der Waals surface area contributed by atoms with E-state index in [1.807, 2.05) is 32.9 Å². The number of piperidine rings is 1. The number of carbonyl (C=O) groups excluding carboxylic acids is 2. The van der Waals surface area contributed by atoms with Gasteiger partial charge in [0.25, 0.3) is 0 Å². The highest BCUT2D eigenvalue weighted by molar-refractivity contribution is 6.30. The zero-order valence-corrected chi connectivity index (χ0v) is 15.2. The molecule has 2 rings (SSSR count). The molecule has 0 aromatic heterocycles. The maximum Gasteiger partial charge on any atom is 0.410 e. The van der Waals surface area contributed by atoms with E-state index in [4.69, 9.17) is 16.3 Å². The Labute approximate surface area is 148 Å². The van der Waals surface area contributed by atoms with Gasteiger partial charge in [-0.05, 0) is 57.7 Å². The van der Waals surface area contributed by atoms with E-state index in [0.29, 0.717) is 24.5 Å². The second-order valence-electron chi connectivity index (χ2n) is 7.03. The Morgan fingerprint density at radius 1 is 1.25 bits per heavy atom. The van der Waals surface area contributed by atoms with Crippen LogP contribution in [-0.2, 0) is 16.1 Å². The molecule has 0 spiro atoms. The SMILES string of the molecule is CC(C)(C)OC(=O)N1CCCCC1C(=O)NCc1ccc(Cl)cc1. The van der Waals surface area contributed by atoms with Gasteiger partial charge in [-0.1, -0.05) is 23.7 Å². The van der Waals surface area contributed by atoms with E-state index in [1.165, 1.54) is 0 Å². The number of rotatable bonds is 3. The number of nitrogens with zero attached hydrogens (tertiary/aromatic N) is 1. The van der Waals surface area contributed by atoms with Crippen molar-refractivity contribution in [3.05, 3.63) is 34.9 Å². The van der Waals surface area contributed by atoms with Crippen LogP contribution in [0.5, 0.6) is 0 Å². The summed E-state index contributed by atoms with van der Waals surface area (Å²) in [6, 6.07) is 6.85. The maximum absolute atomic E-state index is 12.5. The van der Waals surface area contributed by atoms with Crippen LogP contribution in [0.25, 0.3) is 0 Å². The minimum atomic E-state index is -0.571. The third-order valence-electron chi connectivity index (χ3n) is 3.81. The van der Waals surface area contributed by atoms with Gasteiger partial charge in [0.15, 0.2) is 0 Å². The highest BCUT2D eigenvalue weighted by Crippen LogP contribution is 2.21. The first-order valence-electron chi connectivity index (χ1n) is 8.28. The van der Waals surface area contributed by atoms with Crippen molar-refractivity contribution in [2.24, 2.45) is 0 Å². The van der Waals surface area contributed by atoms with Crippen LogP contribution >= 0.6 is 11.6 Å². The summed E-state index contributed by atoms with van der Waals surface area (Å²) in [5, 5.41) is 3.56. The summed E-state index contributed by atoms with van der Waals surface area (Å²) in [6.07, 6.45) is 2.05. The molecule has 0 saturated carbocycles. The highest BCUT2D eigenvalue weighted by Gasteiger charge is 2.34. The predicted molar refractivity (Wildman–Crippen MR) is 93.9 cm³/mol. The average molecular weight is 353 g/mol. The molecule has 1 unspecified atom stereocenters. The molecule has 1 N–H and O–H groups in total. The van der Waals surface area contributed by atoms with Crippen molar-refractivity contribution in [3.63, 3.8) is 0 Å². The lowest BCUT2D eigenvalue weighted by atomic mass is 10.0. The van der Waals surface area contributed by atoms with Crippen LogP contribution in [0.1, 0.15) is 45.6 Å². The largest absolute Gasteiger partial charge is 0.444 e. The lowest BCUT2D eigenvalue weighted by molar-refractivity contribution is -0.127. The molecule has 1 atom stereocenters. The molecular weight excluding hydrogens is 328 g/mol. The predicted octanol–water partition coefficient (Wildman–Crippen LogP) is 3.75. The summed E-state index contributed by atoms with van der Waals surface area (Å²) in [5.74, 6) is -0.143. The average Bonchev–Trinajstić information content (AvgIpc) is 2.52. The molecule has 6 heteroatoms. The zero-order valence-electron chi connectivity index (χ0n) is 14.5. The van der Waals surface area contributed by atoms with Gasteiger partial charge in [-0.3, -0.25) is 9.69 Å². The van der Waals surface area contributed by atoms with E-state index in [2.05, 4.69) is 5.32 Å². The smallest absolute Gasteiger partial charge is 0.410 e. The van der Waals surface area contributed by atoms with E-state index in [0.717, 1.165) is 18.4 Å². The van der Waals surface area contributed by atoms with Crippen LogP contribution in [0.2, 0.25) is 5.02 Å². The Balaban J connectivity index is 1.97. The molecule has 1 aliphatic heterocycles. The van der Waals surface area contributed by atoms with E-state index in [1.54, 1.807) is 17.0 Å². The summed E-state index contributed by atoms with van der Waals surface area (Å²) in [6.45, 7) is 6.43. The summed E-state index contributed by atoms with van der Waals surface area (Å²) < 4.78 is 5.43. The molecule has 2 amide bonds. The number of likely N-dealkylation sites (tertiary alicyclic amines) is 1.